The van der Waals surface area contributed by atoms with Gasteiger partial charge in [0.25, 0.3) is 5.91 Å². The quantitative estimate of drug-likeness (QED) is 0.368. The van der Waals surface area contributed by atoms with Gasteiger partial charge in [0, 0.05) is 25.6 Å². The van der Waals surface area contributed by atoms with Gasteiger partial charge in [-0.2, -0.15) is 0 Å². The van der Waals surface area contributed by atoms with Gasteiger partial charge in [-0.25, -0.2) is 4.79 Å². The molecule has 2 rings (SSSR count). The molecule has 2 aromatic carbocycles. The van der Waals surface area contributed by atoms with Crippen molar-refractivity contribution in [1.82, 2.24) is 5.32 Å². The number of hydrogen-bond acceptors (Lipinski definition) is 6. The van der Waals surface area contributed by atoms with E-state index >= 15 is 0 Å². The third-order valence-corrected chi connectivity index (χ3v) is 3.20. The van der Waals surface area contributed by atoms with Gasteiger partial charge >= 0.3 is 11.9 Å². The lowest BCUT2D eigenvalue weighted by molar-refractivity contribution is -0.132. The molecule has 0 aliphatic carbocycles. The maximum absolute atomic E-state index is 12.1. The Morgan fingerprint density at radius 2 is 1.80 bits per heavy atom. The minimum Gasteiger partial charge on any atom is -0.507 e. The molecule has 8 heteroatoms. The molecule has 1 amide bonds. The summed E-state index contributed by atoms with van der Waals surface area (Å²) in [6, 6.07) is 7.93. The first kappa shape index (κ1) is 17.8. The van der Waals surface area contributed by atoms with Gasteiger partial charge in [0.1, 0.15) is 5.75 Å². The largest absolute Gasteiger partial charge is 0.507 e. The van der Waals surface area contributed by atoms with Crippen LogP contribution in [0.25, 0.3) is 0 Å². The summed E-state index contributed by atoms with van der Waals surface area (Å²) in [5.41, 5.74) is 0.411. The molecular formula is C17H15NO7. The fraction of sp³-hybridized carbons (Fsp3) is 0.118. The molecule has 0 unspecified atom stereocenters. The van der Waals surface area contributed by atoms with Crippen molar-refractivity contribution in [2.45, 2.75) is 13.5 Å². The van der Waals surface area contributed by atoms with Crippen LogP contribution in [0.3, 0.4) is 0 Å². The highest BCUT2D eigenvalue weighted by atomic mass is 16.5. The van der Waals surface area contributed by atoms with Crippen LogP contribution < -0.4 is 10.1 Å². The molecule has 130 valence electrons. The van der Waals surface area contributed by atoms with Crippen LogP contribution in [-0.4, -0.2) is 33.2 Å². The molecule has 4 N–H and O–H groups in total. The lowest BCUT2D eigenvalue weighted by atomic mass is 10.1. The third-order valence-electron chi connectivity index (χ3n) is 3.20. The number of ether oxygens (including phenoxy) is 1. The standard InChI is InChI=1S/C17H15NO7/c1-9(19)25-15-7-13(20)12(6-14(15)21)16(22)18-8-10-3-2-4-11(5-10)17(23)24/h2-7,20-21H,8H2,1H3,(H,18,22)(H,23,24). The second-order valence-corrected chi connectivity index (χ2v) is 5.12. The Morgan fingerprint density at radius 1 is 1.08 bits per heavy atom. The van der Waals surface area contributed by atoms with E-state index < -0.39 is 29.3 Å². The first-order valence-corrected chi connectivity index (χ1v) is 7.12. The first-order valence-electron chi connectivity index (χ1n) is 7.12. The Hall–Kier alpha value is -3.55. The molecule has 8 nitrogen and oxygen atoms in total. The third kappa shape index (κ3) is 4.47. The van der Waals surface area contributed by atoms with Crippen molar-refractivity contribution in [3.63, 3.8) is 0 Å². The zero-order chi connectivity index (χ0) is 18.6. The topological polar surface area (TPSA) is 133 Å². The van der Waals surface area contributed by atoms with Crippen molar-refractivity contribution < 1.29 is 34.4 Å². The van der Waals surface area contributed by atoms with Crippen LogP contribution >= 0.6 is 0 Å². The number of esters is 1. The van der Waals surface area contributed by atoms with Crippen LogP contribution in [-0.2, 0) is 11.3 Å². The fourth-order valence-electron chi connectivity index (χ4n) is 2.07. The molecule has 25 heavy (non-hydrogen) atoms. The normalized spacial score (nSPS) is 10.1. The highest BCUT2D eigenvalue weighted by Crippen LogP contribution is 2.33. The Balaban J connectivity index is 2.13. The van der Waals surface area contributed by atoms with E-state index in [0.29, 0.717) is 5.56 Å². The zero-order valence-electron chi connectivity index (χ0n) is 13.1. The maximum Gasteiger partial charge on any atom is 0.335 e. The molecule has 0 aliphatic heterocycles. The zero-order valence-corrected chi connectivity index (χ0v) is 13.1. The van der Waals surface area contributed by atoms with E-state index in [-0.39, 0.29) is 23.4 Å². The number of phenols is 2. The fourth-order valence-corrected chi connectivity index (χ4v) is 2.07. The number of aromatic carboxylic acids is 1. The van der Waals surface area contributed by atoms with Gasteiger partial charge in [-0.3, -0.25) is 9.59 Å². The first-order chi connectivity index (χ1) is 11.8. The predicted molar refractivity (Wildman–Crippen MR) is 85.7 cm³/mol. The number of carboxylic acid groups (broad SMARTS) is 1. The number of amides is 1. The van der Waals surface area contributed by atoms with Gasteiger partial charge in [-0.05, 0) is 17.7 Å². The minimum atomic E-state index is -1.09. The molecule has 2 aromatic rings. The van der Waals surface area contributed by atoms with Crippen LogP contribution in [0.2, 0.25) is 0 Å². The van der Waals surface area contributed by atoms with Crippen molar-refractivity contribution in [2.75, 3.05) is 0 Å². The number of aromatic hydroxyl groups is 2. The van der Waals surface area contributed by atoms with Crippen LogP contribution in [0.4, 0.5) is 0 Å². The van der Waals surface area contributed by atoms with Crippen molar-refractivity contribution in [2.24, 2.45) is 0 Å². The molecule has 0 aliphatic rings. The van der Waals surface area contributed by atoms with Gasteiger partial charge < -0.3 is 25.4 Å². The molecule has 0 radical (unpaired) electrons. The second kappa shape index (κ2) is 7.35. The smallest absolute Gasteiger partial charge is 0.335 e. The van der Waals surface area contributed by atoms with E-state index in [4.69, 9.17) is 5.11 Å². The highest BCUT2D eigenvalue weighted by molar-refractivity contribution is 5.97. The number of hydrogen-bond donors (Lipinski definition) is 4. The van der Waals surface area contributed by atoms with Gasteiger partial charge in [0.2, 0.25) is 0 Å². The summed E-state index contributed by atoms with van der Waals surface area (Å²) in [6.07, 6.45) is 0. The van der Waals surface area contributed by atoms with Crippen LogP contribution in [0.5, 0.6) is 17.2 Å². The van der Waals surface area contributed by atoms with Gasteiger partial charge in [-0.1, -0.05) is 12.1 Å². The summed E-state index contributed by atoms with van der Waals surface area (Å²) in [5.74, 6) is -3.70. The molecule has 0 bridgehead atoms. The number of phenolic OH excluding ortho intramolecular Hbond substituents is 2. The molecule has 0 spiro atoms. The molecule has 0 saturated carbocycles. The van der Waals surface area contributed by atoms with E-state index in [2.05, 4.69) is 10.1 Å². The molecule has 0 saturated heterocycles. The Bertz CT molecular complexity index is 845. The monoisotopic (exact) mass is 345 g/mol. The Morgan fingerprint density at radius 3 is 2.44 bits per heavy atom. The lowest BCUT2D eigenvalue weighted by Gasteiger charge is -2.10. The number of carbonyl (C=O) groups is 3. The van der Waals surface area contributed by atoms with Crippen molar-refractivity contribution >= 4 is 17.8 Å². The summed E-state index contributed by atoms with van der Waals surface area (Å²) < 4.78 is 4.69. The van der Waals surface area contributed by atoms with E-state index in [9.17, 15) is 24.6 Å². The summed E-state index contributed by atoms with van der Waals surface area (Å²) >= 11 is 0. The number of benzene rings is 2. The number of carbonyl (C=O) groups excluding carboxylic acids is 2. The van der Waals surface area contributed by atoms with E-state index in [1.807, 2.05) is 0 Å². The summed E-state index contributed by atoms with van der Waals surface area (Å²) in [7, 11) is 0. The van der Waals surface area contributed by atoms with Gasteiger partial charge in [-0.15, -0.1) is 0 Å². The highest BCUT2D eigenvalue weighted by Gasteiger charge is 2.17. The van der Waals surface area contributed by atoms with Gasteiger partial charge in [0.05, 0.1) is 11.1 Å². The van der Waals surface area contributed by atoms with E-state index in [1.165, 1.54) is 12.1 Å². The average molecular weight is 345 g/mol. The number of nitrogens with one attached hydrogen (secondary N) is 1. The summed E-state index contributed by atoms with van der Waals surface area (Å²) in [6.45, 7) is 1.15. The van der Waals surface area contributed by atoms with Crippen molar-refractivity contribution in [3.05, 3.63) is 53.1 Å². The van der Waals surface area contributed by atoms with Crippen LogP contribution in [0.15, 0.2) is 36.4 Å². The van der Waals surface area contributed by atoms with Crippen molar-refractivity contribution in [3.8, 4) is 17.2 Å². The Kier molecular flexibility index (Phi) is 5.23. The molecule has 0 aromatic heterocycles. The van der Waals surface area contributed by atoms with Gasteiger partial charge in [0.15, 0.2) is 11.5 Å². The molecule has 0 heterocycles. The van der Waals surface area contributed by atoms with E-state index in [1.54, 1.807) is 12.1 Å². The maximum atomic E-state index is 12.1. The Labute approximate surface area is 142 Å². The van der Waals surface area contributed by atoms with Crippen LogP contribution in [0.1, 0.15) is 33.2 Å². The SMILES string of the molecule is CC(=O)Oc1cc(O)c(C(=O)NCc2cccc(C(=O)O)c2)cc1O. The predicted octanol–water partition coefficient (Wildman–Crippen LogP) is 1.65. The minimum absolute atomic E-state index is 0.0197. The molecular weight excluding hydrogens is 330 g/mol. The average Bonchev–Trinajstić information content (AvgIpc) is 2.55. The van der Waals surface area contributed by atoms with E-state index in [0.717, 1.165) is 19.1 Å². The molecule has 0 fully saturated rings. The summed E-state index contributed by atoms with van der Waals surface area (Å²) in [4.78, 5) is 34.0. The summed E-state index contributed by atoms with van der Waals surface area (Å²) in [5, 5.41) is 31.1. The molecule has 0 atom stereocenters. The lowest BCUT2D eigenvalue weighted by Crippen LogP contribution is -2.23. The second-order valence-electron chi connectivity index (χ2n) is 5.12. The van der Waals surface area contributed by atoms with Crippen LogP contribution in [0, 0.1) is 0 Å². The number of rotatable bonds is 5. The number of carboxylic acids is 1. The van der Waals surface area contributed by atoms with Crippen molar-refractivity contribution in [1.29, 1.82) is 0 Å².